The Balaban J connectivity index is 1.38. The predicted octanol–water partition coefficient (Wildman–Crippen LogP) is 2.05. The molecule has 1 fully saturated rings. The summed E-state index contributed by atoms with van der Waals surface area (Å²) in [4.78, 5) is 19.1. The maximum absolute atomic E-state index is 12.8. The summed E-state index contributed by atoms with van der Waals surface area (Å²) in [5.41, 5.74) is 2.32. The van der Waals surface area contributed by atoms with E-state index in [0.29, 0.717) is 24.5 Å². The maximum Gasteiger partial charge on any atom is 0.253 e. The van der Waals surface area contributed by atoms with Gasteiger partial charge >= 0.3 is 0 Å². The SMILES string of the molecule is Cc1cccc(OC2CCN(C(=O)c3cccc(-n4cnnn4)c3)CC2)n1. The highest BCUT2D eigenvalue weighted by molar-refractivity contribution is 5.94. The van der Waals surface area contributed by atoms with E-state index in [9.17, 15) is 4.79 Å². The fourth-order valence-corrected chi connectivity index (χ4v) is 3.17. The van der Waals surface area contributed by atoms with Crippen molar-refractivity contribution in [1.82, 2.24) is 30.1 Å². The van der Waals surface area contributed by atoms with E-state index in [1.54, 1.807) is 6.07 Å². The third-order valence-electron chi connectivity index (χ3n) is 4.59. The zero-order chi connectivity index (χ0) is 18.6. The highest BCUT2D eigenvalue weighted by Crippen LogP contribution is 2.20. The van der Waals surface area contributed by atoms with Crippen molar-refractivity contribution < 1.29 is 9.53 Å². The molecule has 0 unspecified atom stereocenters. The number of carbonyl (C=O) groups excluding carboxylic acids is 1. The number of ether oxygens (including phenoxy) is 1. The summed E-state index contributed by atoms with van der Waals surface area (Å²) in [6, 6.07) is 13.1. The molecule has 1 saturated heterocycles. The molecule has 1 aliphatic heterocycles. The third kappa shape index (κ3) is 3.94. The zero-order valence-corrected chi connectivity index (χ0v) is 15.0. The smallest absolute Gasteiger partial charge is 0.253 e. The van der Waals surface area contributed by atoms with E-state index in [0.717, 1.165) is 24.2 Å². The van der Waals surface area contributed by atoms with Crippen LogP contribution in [-0.4, -0.2) is 55.2 Å². The summed E-state index contributed by atoms with van der Waals surface area (Å²) < 4.78 is 7.50. The van der Waals surface area contributed by atoms with Crippen molar-refractivity contribution in [3.63, 3.8) is 0 Å². The molecule has 0 saturated carbocycles. The van der Waals surface area contributed by atoms with E-state index >= 15 is 0 Å². The number of hydrogen-bond acceptors (Lipinski definition) is 6. The van der Waals surface area contributed by atoms with Crippen molar-refractivity contribution in [2.75, 3.05) is 13.1 Å². The Morgan fingerprint density at radius 1 is 1.15 bits per heavy atom. The number of carbonyl (C=O) groups is 1. The number of amides is 1. The highest BCUT2D eigenvalue weighted by atomic mass is 16.5. The van der Waals surface area contributed by atoms with Gasteiger partial charge in [0.1, 0.15) is 12.4 Å². The Morgan fingerprint density at radius 2 is 1.96 bits per heavy atom. The normalized spacial score (nSPS) is 14.9. The van der Waals surface area contributed by atoms with Gasteiger partial charge in [-0.25, -0.2) is 9.67 Å². The maximum atomic E-state index is 12.8. The van der Waals surface area contributed by atoms with Crippen molar-refractivity contribution in [3.8, 4) is 11.6 Å². The second-order valence-electron chi connectivity index (χ2n) is 6.53. The summed E-state index contributed by atoms with van der Waals surface area (Å²) >= 11 is 0. The lowest BCUT2D eigenvalue weighted by Crippen LogP contribution is -2.41. The molecule has 138 valence electrons. The molecule has 0 N–H and O–H groups in total. The second-order valence-corrected chi connectivity index (χ2v) is 6.53. The first-order valence-corrected chi connectivity index (χ1v) is 8.92. The van der Waals surface area contributed by atoms with Crippen molar-refractivity contribution in [3.05, 3.63) is 60.0 Å². The number of hydrogen-bond donors (Lipinski definition) is 0. The minimum atomic E-state index is 0.0112. The number of aryl methyl sites for hydroxylation is 1. The number of piperidine rings is 1. The van der Waals surface area contributed by atoms with E-state index in [1.165, 1.54) is 11.0 Å². The van der Waals surface area contributed by atoms with Gasteiger partial charge in [-0.05, 0) is 41.6 Å². The molecule has 2 aromatic heterocycles. The average Bonchev–Trinajstić information content (AvgIpc) is 3.23. The van der Waals surface area contributed by atoms with Gasteiger partial charge in [0, 0.05) is 43.3 Å². The number of likely N-dealkylation sites (tertiary alicyclic amines) is 1. The van der Waals surface area contributed by atoms with Gasteiger partial charge in [0.2, 0.25) is 5.88 Å². The van der Waals surface area contributed by atoms with E-state index in [1.807, 2.05) is 48.2 Å². The van der Waals surface area contributed by atoms with Crippen molar-refractivity contribution in [2.45, 2.75) is 25.9 Å². The molecule has 4 rings (SSSR count). The van der Waals surface area contributed by atoms with Gasteiger partial charge in [-0.2, -0.15) is 0 Å². The molecule has 0 atom stereocenters. The summed E-state index contributed by atoms with van der Waals surface area (Å²) in [7, 11) is 0. The second kappa shape index (κ2) is 7.53. The molecule has 1 aromatic carbocycles. The molecule has 3 aromatic rings. The lowest BCUT2D eigenvalue weighted by molar-refractivity contribution is 0.0587. The molecule has 8 heteroatoms. The van der Waals surface area contributed by atoms with Gasteiger partial charge < -0.3 is 9.64 Å². The molecular weight excluding hydrogens is 344 g/mol. The monoisotopic (exact) mass is 364 g/mol. The minimum absolute atomic E-state index is 0.0112. The lowest BCUT2D eigenvalue weighted by atomic mass is 10.1. The number of nitrogens with zero attached hydrogens (tertiary/aromatic N) is 6. The highest BCUT2D eigenvalue weighted by Gasteiger charge is 2.25. The summed E-state index contributed by atoms with van der Waals surface area (Å²) in [5.74, 6) is 0.658. The van der Waals surface area contributed by atoms with Crippen molar-refractivity contribution in [1.29, 1.82) is 0 Å². The Morgan fingerprint density at radius 3 is 2.70 bits per heavy atom. The van der Waals surface area contributed by atoms with E-state index in [2.05, 4.69) is 20.5 Å². The Hall–Kier alpha value is -3.29. The molecular formula is C19H20N6O2. The Bertz CT molecular complexity index is 919. The van der Waals surface area contributed by atoms with Gasteiger partial charge in [-0.1, -0.05) is 12.1 Å². The van der Waals surface area contributed by atoms with Gasteiger partial charge in [0.25, 0.3) is 5.91 Å². The molecule has 1 aliphatic rings. The van der Waals surface area contributed by atoms with Gasteiger partial charge in [-0.15, -0.1) is 5.10 Å². The largest absolute Gasteiger partial charge is 0.474 e. The topological polar surface area (TPSA) is 86.0 Å². The molecule has 8 nitrogen and oxygen atoms in total. The van der Waals surface area contributed by atoms with Crippen LogP contribution >= 0.6 is 0 Å². The molecule has 0 radical (unpaired) electrons. The summed E-state index contributed by atoms with van der Waals surface area (Å²) in [5, 5.41) is 11.1. The van der Waals surface area contributed by atoms with E-state index in [-0.39, 0.29) is 12.0 Å². The summed E-state index contributed by atoms with van der Waals surface area (Å²) in [6.45, 7) is 3.26. The van der Waals surface area contributed by atoms with Gasteiger partial charge in [-0.3, -0.25) is 4.79 Å². The van der Waals surface area contributed by atoms with E-state index < -0.39 is 0 Å². The first-order valence-electron chi connectivity index (χ1n) is 8.92. The average molecular weight is 364 g/mol. The summed E-state index contributed by atoms with van der Waals surface area (Å²) in [6.07, 6.45) is 3.16. The van der Waals surface area contributed by atoms with Crippen LogP contribution in [0.3, 0.4) is 0 Å². The quantitative estimate of drug-likeness (QED) is 0.704. The van der Waals surface area contributed by atoms with Crippen LogP contribution in [0.4, 0.5) is 0 Å². The van der Waals surface area contributed by atoms with Crippen LogP contribution in [0.5, 0.6) is 5.88 Å². The first-order chi connectivity index (χ1) is 13.2. The van der Waals surface area contributed by atoms with Gasteiger partial charge in [0.05, 0.1) is 5.69 Å². The van der Waals surface area contributed by atoms with Crippen LogP contribution in [0.2, 0.25) is 0 Å². The van der Waals surface area contributed by atoms with Crippen LogP contribution in [0.25, 0.3) is 5.69 Å². The number of aromatic nitrogens is 5. The molecule has 0 spiro atoms. The van der Waals surface area contributed by atoms with E-state index in [4.69, 9.17) is 4.74 Å². The van der Waals surface area contributed by atoms with Crippen LogP contribution in [0.1, 0.15) is 28.9 Å². The Labute approximate surface area is 156 Å². The standard InChI is InChI=1S/C19H20N6O2/c1-14-4-2-7-18(21-14)27-17-8-10-24(11-9-17)19(26)15-5-3-6-16(12-15)25-13-20-22-23-25/h2-7,12-13,17H,8-11H2,1H3. The zero-order valence-electron chi connectivity index (χ0n) is 15.0. The number of pyridine rings is 1. The number of rotatable bonds is 4. The minimum Gasteiger partial charge on any atom is -0.474 e. The molecule has 1 amide bonds. The van der Waals surface area contributed by atoms with Crippen LogP contribution in [0.15, 0.2) is 48.8 Å². The lowest BCUT2D eigenvalue weighted by Gasteiger charge is -2.32. The third-order valence-corrected chi connectivity index (χ3v) is 4.59. The van der Waals surface area contributed by atoms with Gasteiger partial charge in [0.15, 0.2) is 0 Å². The molecule has 0 bridgehead atoms. The van der Waals surface area contributed by atoms with Crippen molar-refractivity contribution in [2.24, 2.45) is 0 Å². The number of tetrazole rings is 1. The first kappa shape index (κ1) is 17.1. The van der Waals surface area contributed by atoms with Crippen LogP contribution in [-0.2, 0) is 0 Å². The molecule has 0 aliphatic carbocycles. The molecule has 27 heavy (non-hydrogen) atoms. The Kier molecular flexibility index (Phi) is 4.78. The molecule has 3 heterocycles. The fraction of sp³-hybridized carbons (Fsp3) is 0.316. The fourth-order valence-electron chi connectivity index (χ4n) is 3.17. The van der Waals surface area contributed by atoms with Crippen LogP contribution < -0.4 is 4.74 Å². The predicted molar refractivity (Wildman–Crippen MR) is 97.7 cm³/mol. The van der Waals surface area contributed by atoms with Crippen LogP contribution in [0, 0.1) is 6.92 Å². The number of benzene rings is 1. The van der Waals surface area contributed by atoms with Crippen molar-refractivity contribution >= 4 is 5.91 Å².